The Hall–Kier alpha value is 0.0200. The van der Waals surface area contributed by atoms with Gasteiger partial charge in [-0.1, -0.05) is 20.8 Å². The number of nitrogens with zero attached hydrogens (tertiary/aromatic N) is 1. The number of hydrogen-bond donors (Lipinski definition) is 0. The minimum atomic E-state index is -3.35. The van der Waals surface area contributed by atoms with Crippen molar-refractivity contribution in [1.29, 1.82) is 0 Å². The average molecular weight is 342 g/mol. The van der Waals surface area contributed by atoms with Gasteiger partial charge in [0.1, 0.15) is 0 Å². The highest BCUT2D eigenvalue weighted by Gasteiger charge is 2.32. The van der Waals surface area contributed by atoms with Crippen LogP contribution in [-0.4, -0.2) is 60.0 Å². The first-order chi connectivity index (χ1) is 9.13. The largest absolute Gasteiger partial charge is 0.375 e. The quantitative estimate of drug-likeness (QED) is 0.709. The van der Waals surface area contributed by atoms with E-state index < -0.39 is 26.4 Å². The summed E-state index contributed by atoms with van der Waals surface area (Å²) in [7, 11) is -4.39. The summed E-state index contributed by atoms with van der Waals surface area (Å²) in [6.07, 6.45) is 2.43. The molecule has 0 radical (unpaired) electrons. The topological polar surface area (TPSA) is 63.7 Å². The molecule has 0 rings (SSSR count). The van der Waals surface area contributed by atoms with E-state index in [1.807, 2.05) is 41.5 Å². The van der Waals surface area contributed by atoms with Gasteiger partial charge in [0.05, 0.1) is 24.7 Å². The molecular weight excluding hydrogens is 310 g/mol. The first kappa shape index (κ1) is 21.0. The van der Waals surface area contributed by atoms with Crippen molar-refractivity contribution in [2.24, 2.45) is 5.41 Å². The van der Waals surface area contributed by atoms with Crippen LogP contribution in [0, 0.1) is 5.41 Å². The smallest absolute Gasteiger partial charge is 0.211 e. The summed E-state index contributed by atoms with van der Waals surface area (Å²) in [4.78, 5) is 0. The van der Waals surface area contributed by atoms with Crippen LogP contribution in [0.25, 0.3) is 0 Å². The van der Waals surface area contributed by atoms with Gasteiger partial charge < -0.3 is 4.74 Å². The monoisotopic (exact) mass is 341 g/mol. The molecule has 0 bridgehead atoms. The Kier molecular flexibility index (Phi) is 7.53. The molecule has 0 aliphatic carbocycles. The van der Waals surface area contributed by atoms with E-state index in [-0.39, 0.29) is 18.1 Å². The highest BCUT2D eigenvalue weighted by Crippen LogP contribution is 2.20. The lowest BCUT2D eigenvalue weighted by Crippen LogP contribution is -2.50. The Morgan fingerprint density at radius 2 is 1.62 bits per heavy atom. The van der Waals surface area contributed by atoms with Crippen molar-refractivity contribution in [1.82, 2.24) is 4.31 Å². The third kappa shape index (κ3) is 9.60. The second-order valence-corrected chi connectivity index (χ2v) is 11.1. The molecule has 0 aliphatic heterocycles. The van der Waals surface area contributed by atoms with Gasteiger partial charge in [0.2, 0.25) is 10.0 Å². The van der Waals surface area contributed by atoms with Crippen LogP contribution in [0.2, 0.25) is 0 Å². The minimum Gasteiger partial charge on any atom is -0.375 e. The summed E-state index contributed by atoms with van der Waals surface area (Å²) in [5, 5.41) is 0. The summed E-state index contributed by atoms with van der Waals surface area (Å²) in [6.45, 7) is 12.4. The van der Waals surface area contributed by atoms with Crippen molar-refractivity contribution < 1.29 is 17.4 Å². The second-order valence-electron chi connectivity index (χ2n) is 7.70. The number of sulfonamides is 1. The van der Waals surface area contributed by atoms with E-state index in [1.54, 1.807) is 6.26 Å². The van der Waals surface area contributed by atoms with Gasteiger partial charge in [0.15, 0.2) is 0 Å². The van der Waals surface area contributed by atoms with Gasteiger partial charge >= 0.3 is 0 Å². The second kappa shape index (κ2) is 7.53. The Morgan fingerprint density at radius 1 is 1.14 bits per heavy atom. The third-order valence-electron chi connectivity index (χ3n) is 2.69. The molecule has 0 heterocycles. The molecule has 0 N–H and O–H groups in total. The van der Waals surface area contributed by atoms with Crippen LogP contribution in [0.1, 0.15) is 41.5 Å². The number of rotatable bonds is 7. The van der Waals surface area contributed by atoms with Crippen LogP contribution in [0.5, 0.6) is 0 Å². The molecule has 0 aromatic rings. The highest BCUT2D eigenvalue weighted by molar-refractivity contribution is 7.88. The summed E-state index contributed by atoms with van der Waals surface area (Å²) >= 11 is 0. The van der Waals surface area contributed by atoms with E-state index in [9.17, 15) is 12.6 Å². The molecule has 0 saturated carbocycles. The summed E-state index contributed by atoms with van der Waals surface area (Å²) in [5.74, 6) is 0.332. The van der Waals surface area contributed by atoms with Gasteiger partial charge in [0, 0.05) is 29.1 Å². The van der Waals surface area contributed by atoms with Gasteiger partial charge in [-0.25, -0.2) is 8.42 Å². The van der Waals surface area contributed by atoms with Crippen LogP contribution in [0.3, 0.4) is 0 Å². The Morgan fingerprint density at radius 3 is 1.90 bits per heavy atom. The zero-order chi connectivity index (χ0) is 17.1. The summed E-state index contributed by atoms with van der Waals surface area (Å²) < 4.78 is 42.8. The van der Waals surface area contributed by atoms with Crippen molar-refractivity contribution in [3.05, 3.63) is 0 Å². The van der Waals surface area contributed by atoms with Crippen molar-refractivity contribution in [3.8, 4) is 0 Å². The normalized spacial score (nSPS) is 17.0. The van der Waals surface area contributed by atoms with Gasteiger partial charge in [-0.3, -0.25) is 4.21 Å². The molecule has 0 aromatic heterocycles. The van der Waals surface area contributed by atoms with E-state index in [0.29, 0.717) is 12.4 Å². The van der Waals surface area contributed by atoms with Crippen LogP contribution in [-0.2, 0) is 25.6 Å². The molecule has 1 unspecified atom stereocenters. The fourth-order valence-corrected chi connectivity index (χ4v) is 4.03. The predicted molar refractivity (Wildman–Crippen MR) is 89.4 cm³/mol. The predicted octanol–water partition coefficient (Wildman–Crippen LogP) is 1.86. The Labute approximate surface area is 132 Å². The first-order valence-corrected chi connectivity index (χ1v) is 10.6. The van der Waals surface area contributed by atoms with E-state index in [0.717, 1.165) is 0 Å². The molecule has 7 heteroatoms. The van der Waals surface area contributed by atoms with Crippen molar-refractivity contribution >= 4 is 20.8 Å². The lowest BCUT2D eigenvalue weighted by molar-refractivity contribution is 0.00468. The zero-order valence-corrected chi connectivity index (χ0v) is 16.2. The molecule has 2 atom stereocenters. The lowest BCUT2D eigenvalue weighted by Gasteiger charge is -2.36. The van der Waals surface area contributed by atoms with Gasteiger partial charge in [0.25, 0.3) is 0 Å². The average Bonchev–Trinajstić information content (AvgIpc) is 2.16. The van der Waals surface area contributed by atoms with Crippen molar-refractivity contribution in [3.63, 3.8) is 0 Å². The molecule has 0 amide bonds. The molecule has 5 nitrogen and oxygen atoms in total. The molecule has 0 spiro atoms. The number of hydrogen-bond acceptors (Lipinski definition) is 4. The Bertz CT molecular complexity index is 447. The molecule has 0 aromatic carbocycles. The van der Waals surface area contributed by atoms with Crippen LogP contribution >= 0.6 is 0 Å². The lowest BCUT2D eigenvalue weighted by atomic mass is 9.98. The fraction of sp³-hybridized carbons (Fsp3) is 1.00. The summed E-state index contributed by atoms with van der Waals surface area (Å²) in [5.41, 5.74) is -0.558. The van der Waals surface area contributed by atoms with Gasteiger partial charge in [-0.2, -0.15) is 4.31 Å². The maximum Gasteiger partial charge on any atom is 0.211 e. The highest BCUT2D eigenvalue weighted by atomic mass is 32.2. The fourth-order valence-electron chi connectivity index (χ4n) is 1.87. The Balaban J connectivity index is 5.11. The van der Waals surface area contributed by atoms with Gasteiger partial charge in [-0.15, -0.1) is 0 Å². The third-order valence-corrected chi connectivity index (χ3v) is 5.03. The van der Waals surface area contributed by atoms with E-state index in [2.05, 4.69) is 0 Å². The molecular formula is C14H31NO4S2. The van der Waals surface area contributed by atoms with E-state index in [1.165, 1.54) is 10.6 Å². The first-order valence-electron chi connectivity index (χ1n) is 7.02. The number of ether oxygens (including phenoxy) is 1. The molecule has 0 aliphatic rings. The van der Waals surface area contributed by atoms with Crippen LogP contribution < -0.4 is 0 Å². The van der Waals surface area contributed by atoms with Crippen LogP contribution in [0.15, 0.2) is 0 Å². The van der Waals surface area contributed by atoms with Crippen molar-refractivity contribution in [2.75, 3.05) is 31.4 Å². The zero-order valence-electron chi connectivity index (χ0n) is 14.6. The molecule has 128 valence electrons. The standard InChI is InChI=1S/C14H31NO4S2/c1-13(2,3)11-19-12(10-20(7)16)9-15(14(4,5)6)21(8,17)18/h12H,9-11H2,1-8H3/t12?,20-/m0/s1. The molecule has 0 saturated heterocycles. The van der Waals surface area contributed by atoms with E-state index in [4.69, 9.17) is 4.74 Å². The minimum absolute atomic E-state index is 0.0227. The molecule has 21 heavy (non-hydrogen) atoms. The molecule has 0 fully saturated rings. The van der Waals surface area contributed by atoms with Gasteiger partial charge in [-0.05, 0) is 26.2 Å². The maximum atomic E-state index is 12.0. The van der Waals surface area contributed by atoms with E-state index >= 15 is 0 Å². The SMILES string of the molecule is C[S@](=O)CC(CN(C(C)(C)C)S(C)(=O)=O)OCC(C)(C)C. The van der Waals surface area contributed by atoms with Crippen LogP contribution in [0.4, 0.5) is 0 Å². The summed E-state index contributed by atoms with van der Waals surface area (Å²) in [6, 6.07) is 0. The van der Waals surface area contributed by atoms with Crippen molar-refractivity contribution in [2.45, 2.75) is 53.2 Å². The maximum absolute atomic E-state index is 12.0.